The van der Waals surface area contributed by atoms with Gasteiger partial charge in [-0.25, -0.2) is 0 Å². The summed E-state index contributed by atoms with van der Waals surface area (Å²) < 4.78 is 2.33. The van der Waals surface area contributed by atoms with Gasteiger partial charge in [-0.15, -0.1) is 0 Å². The van der Waals surface area contributed by atoms with Gasteiger partial charge in [0.1, 0.15) is 0 Å². The van der Waals surface area contributed by atoms with Crippen LogP contribution in [-0.2, 0) is 6.54 Å². The molecule has 1 fully saturated rings. The highest BCUT2D eigenvalue weighted by Crippen LogP contribution is 2.15. The molecular formula is C18H26N4. The lowest BCUT2D eigenvalue weighted by molar-refractivity contribution is 0.492. The van der Waals surface area contributed by atoms with Crippen molar-refractivity contribution in [3.63, 3.8) is 0 Å². The molecule has 0 aliphatic carbocycles. The van der Waals surface area contributed by atoms with Gasteiger partial charge in [-0.1, -0.05) is 18.2 Å². The Labute approximate surface area is 132 Å². The summed E-state index contributed by atoms with van der Waals surface area (Å²) in [7, 11) is 0. The van der Waals surface area contributed by atoms with Gasteiger partial charge in [0.15, 0.2) is 5.96 Å². The highest BCUT2D eigenvalue weighted by molar-refractivity contribution is 5.80. The van der Waals surface area contributed by atoms with E-state index in [1.165, 1.54) is 23.7 Å². The SMILES string of the molecule is CCNC(=NCCCn1ccc2ccccc21)N1CCCC1. The van der Waals surface area contributed by atoms with Crippen LogP contribution in [0.3, 0.4) is 0 Å². The quantitative estimate of drug-likeness (QED) is 0.523. The smallest absolute Gasteiger partial charge is 0.193 e. The predicted octanol–water partition coefficient (Wildman–Crippen LogP) is 3.09. The van der Waals surface area contributed by atoms with Crippen LogP contribution in [0.2, 0.25) is 0 Å². The van der Waals surface area contributed by atoms with Crippen molar-refractivity contribution in [2.45, 2.75) is 32.7 Å². The van der Waals surface area contributed by atoms with Crippen LogP contribution in [0.4, 0.5) is 0 Å². The second kappa shape index (κ2) is 7.34. The van der Waals surface area contributed by atoms with E-state index in [2.05, 4.69) is 58.2 Å². The van der Waals surface area contributed by atoms with Crippen molar-refractivity contribution in [3.05, 3.63) is 36.5 Å². The van der Waals surface area contributed by atoms with Gasteiger partial charge in [0.25, 0.3) is 0 Å². The summed E-state index contributed by atoms with van der Waals surface area (Å²) in [6.45, 7) is 7.28. The maximum atomic E-state index is 4.79. The number of benzene rings is 1. The van der Waals surface area contributed by atoms with E-state index in [1.807, 2.05) is 0 Å². The van der Waals surface area contributed by atoms with Gasteiger partial charge in [-0.05, 0) is 43.7 Å². The number of aliphatic imine (C=N–C) groups is 1. The first kappa shape index (κ1) is 14.9. The normalized spacial score (nSPS) is 15.7. The Morgan fingerprint density at radius 1 is 1.18 bits per heavy atom. The molecule has 1 aromatic heterocycles. The van der Waals surface area contributed by atoms with Crippen molar-refractivity contribution < 1.29 is 0 Å². The fourth-order valence-electron chi connectivity index (χ4n) is 3.12. The number of nitrogens with zero attached hydrogens (tertiary/aromatic N) is 3. The van der Waals surface area contributed by atoms with Crippen molar-refractivity contribution in [1.29, 1.82) is 0 Å². The maximum absolute atomic E-state index is 4.79. The van der Waals surface area contributed by atoms with Crippen molar-refractivity contribution in [1.82, 2.24) is 14.8 Å². The molecule has 4 nitrogen and oxygen atoms in total. The highest BCUT2D eigenvalue weighted by atomic mass is 15.3. The van der Waals surface area contributed by atoms with Crippen molar-refractivity contribution in [2.75, 3.05) is 26.2 Å². The molecule has 0 bridgehead atoms. The fraction of sp³-hybridized carbons (Fsp3) is 0.500. The number of fused-ring (bicyclic) bond motifs is 1. The van der Waals surface area contributed by atoms with Crippen molar-refractivity contribution >= 4 is 16.9 Å². The summed E-state index contributed by atoms with van der Waals surface area (Å²) in [5, 5.41) is 4.73. The molecule has 3 rings (SSSR count). The van der Waals surface area contributed by atoms with Crippen molar-refractivity contribution in [3.8, 4) is 0 Å². The Kier molecular flexibility index (Phi) is 4.99. The van der Waals surface area contributed by atoms with Gasteiger partial charge >= 0.3 is 0 Å². The van der Waals surface area contributed by atoms with Gasteiger partial charge in [0.05, 0.1) is 0 Å². The molecule has 0 atom stereocenters. The third-order valence-corrected chi connectivity index (χ3v) is 4.24. The monoisotopic (exact) mass is 298 g/mol. The average molecular weight is 298 g/mol. The number of hydrogen-bond acceptors (Lipinski definition) is 1. The number of guanidine groups is 1. The largest absolute Gasteiger partial charge is 0.357 e. The Balaban J connectivity index is 1.56. The molecule has 0 radical (unpaired) electrons. The van der Waals surface area contributed by atoms with E-state index in [9.17, 15) is 0 Å². The van der Waals surface area contributed by atoms with Crippen LogP contribution < -0.4 is 5.32 Å². The lowest BCUT2D eigenvalue weighted by Crippen LogP contribution is -2.39. The van der Waals surface area contributed by atoms with Gasteiger partial charge in [0.2, 0.25) is 0 Å². The first-order valence-electron chi connectivity index (χ1n) is 8.45. The Hall–Kier alpha value is -1.97. The molecule has 1 aliphatic rings. The van der Waals surface area contributed by atoms with Gasteiger partial charge in [-0.3, -0.25) is 4.99 Å². The van der Waals surface area contributed by atoms with Gasteiger partial charge in [0, 0.05) is 44.4 Å². The van der Waals surface area contributed by atoms with Crippen LogP contribution in [0.25, 0.3) is 10.9 Å². The van der Waals surface area contributed by atoms with E-state index >= 15 is 0 Å². The Morgan fingerprint density at radius 3 is 2.82 bits per heavy atom. The Bertz CT molecular complexity index is 623. The molecule has 2 aromatic rings. The fourth-order valence-corrected chi connectivity index (χ4v) is 3.12. The third-order valence-electron chi connectivity index (χ3n) is 4.24. The highest BCUT2D eigenvalue weighted by Gasteiger charge is 2.15. The lowest BCUT2D eigenvalue weighted by Gasteiger charge is -2.20. The Morgan fingerprint density at radius 2 is 2.00 bits per heavy atom. The summed E-state index contributed by atoms with van der Waals surface area (Å²) >= 11 is 0. The van der Waals surface area contributed by atoms with Crippen LogP contribution in [0.5, 0.6) is 0 Å². The summed E-state index contributed by atoms with van der Waals surface area (Å²) in [5.74, 6) is 1.09. The first-order valence-corrected chi connectivity index (χ1v) is 8.45. The molecule has 0 spiro atoms. The maximum Gasteiger partial charge on any atom is 0.193 e. The molecule has 2 heterocycles. The van der Waals surface area contributed by atoms with Crippen LogP contribution >= 0.6 is 0 Å². The molecule has 1 aromatic carbocycles. The lowest BCUT2D eigenvalue weighted by atomic mass is 10.2. The second-order valence-corrected chi connectivity index (χ2v) is 5.85. The topological polar surface area (TPSA) is 32.6 Å². The molecule has 1 N–H and O–H groups in total. The number of aryl methyl sites for hydroxylation is 1. The molecule has 4 heteroatoms. The zero-order valence-electron chi connectivity index (χ0n) is 13.5. The first-order chi connectivity index (χ1) is 10.9. The predicted molar refractivity (Wildman–Crippen MR) is 93.3 cm³/mol. The summed E-state index contributed by atoms with van der Waals surface area (Å²) in [5.41, 5.74) is 1.32. The zero-order valence-corrected chi connectivity index (χ0v) is 13.5. The molecule has 1 aliphatic heterocycles. The molecule has 22 heavy (non-hydrogen) atoms. The zero-order chi connectivity index (χ0) is 15.2. The minimum Gasteiger partial charge on any atom is -0.357 e. The summed E-state index contributed by atoms with van der Waals surface area (Å²) in [4.78, 5) is 7.18. The van der Waals surface area contributed by atoms with E-state index in [1.54, 1.807) is 0 Å². The third kappa shape index (κ3) is 3.43. The number of hydrogen-bond donors (Lipinski definition) is 1. The molecular weight excluding hydrogens is 272 g/mol. The van der Waals surface area contributed by atoms with E-state index in [-0.39, 0.29) is 0 Å². The van der Waals surface area contributed by atoms with Gasteiger partial charge in [-0.2, -0.15) is 0 Å². The van der Waals surface area contributed by atoms with Crippen molar-refractivity contribution in [2.24, 2.45) is 4.99 Å². The number of likely N-dealkylation sites (tertiary alicyclic amines) is 1. The molecule has 0 saturated carbocycles. The molecule has 0 amide bonds. The van der Waals surface area contributed by atoms with E-state index < -0.39 is 0 Å². The standard InChI is InChI=1S/C18H26N4/c1-2-19-18(22-12-5-6-13-22)20-11-7-14-21-15-10-16-8-3-4-9-17(16)21/h3-4,8-10,15H,2,5-7,11-14H2,1H3,(H,19,20). The van der Waals surface area contributed by atoms with Crippen LogP contribution in [0.1, 0.15) is 26.2 Å². The number of nitrogens with one attached hydrogen (secondary N) is 1. The van der Waals surface area contributed by atoms with Crippen LogP contribution in [0.15, 0.2) is 41.5 Å². The van der Waals surface area contributed by atoms with Crippen LogP contribution in [0, 0.1) is 0 Å². The molecule has 1 saturated heterocycles. The van der Waals surface area contributed by atoms with E-state index in [0.29, 0.717) is 0 Å². The van der Waals surface area contributed by atoms with E-state index in [4.69, 9.17) is 4.99 Å². The second-order valence-electron chi connectivity index (χ2n) is 5.85. The van der Waals surface area contributed by atoms with Gasteiger partial charge < -0.3 is 14.8 Å². The number of rotatable bonds is 5. The summed E-state index contributed by atoms with van der Waals surface area (Å²) in [6.07, 6.45) is 5.83. The number of para-hydroxylation sites is 1. The molecule has 0 unspecified atom stereocenters. The minimum atomic E-state index is 0.880. The van der Waals surface area contributed by atoms with E-state index in [0.717, 1.165) is 45.1 Å². The van der Waals surface area contributed by atoms with Crippen LogP contribution in [-0.4, -0.2) is 41.6 Å². The molecule has 118 valence electrons. The summed E-state index contributed by atoms with van der Waals surface area (Å²) in [6, 6.07) is 10.7. The average Bonchev–Trinajstić information content (AvgIpc) is 3.20. The minimum absolute atomic E-state index is 0.880. The number of aromatic nitrogens is 1.